The molecule has 0 saturated heterocycles. The smallest absolute Gasteiger partial charge is 0.407 e. The van der Waals surface area contributed by atoms with Gasteiger partial charge in [-0.25, -0.2) is 4.79 Å². The van der Waals surface area contributed by atoms with Gasteiger partial charge in [0.15, 0.2) is 0 Å². The lowest BCUT2D eigenvalue weighted by Gasteiger charge is -2.23. The minimum absolute atomic E-state index is 0.0979. The van der Waals surface area contributed by atoms with Gasteiger partial charge in [0.1, 0.15) is 5.60 Å². The second-order valence-corrected chi connectivity index (χ2v) is 6.74. The van der Waals surface area contributed by atoms with Crippen molar-refractivity contribution in [3.63, 3.8) is 0 Å². The molecular weight excluding hydrogens is 264 g/mol. The zero-order valence-corrected chi connectivity index (χ0v) is 13.2. The van der Waals surface area contributed by atoms with Gasteiger partial charge in [0.25, 0.3) is 0 Å². The van der Waals surface area contributed by atoms with Gasteiger partial charge >= 0.3 is 6.09 Å². The zero-order chi connectivity index (χ0) is 15.5. The van der Waals surface area contributed by atoms with Crippen LogP contribution in [0.25, 0.3) is 0 Å². The van der Waals surface area contributed by atoms with Crippen LogP contribution in [0, 0.1) is 0 Å². The number of benzene rings is 1. The Morgan fingerprint density at radius 2 is 2.05 bits per heavy atom. The fraction of sp³-hybridized carbons (Fsp3) is 0.588. The predicted octanol–water partition coefficient (Wildman–Crippen LogP) is 2.57. The quantitative estimate of drug-likeness (QED) is 0.895. The number of alkyl carbamates (subject to hydrolysis) is 1. The summed E-state index contributed by atoms with van der Waals surface area (Å²) in [5.74, 6) is 0. The monoisotopic (exact) mass is 290 g/mol. The summed E-state index contributed by atoms with van der Waals surface area (Å²) in [6.45, 7) is 5.95. The summed E-state index contributed by atoms with van der Waals surface area (Å²) >= 11 is 0. The third-order valence-corrected chi connectivity index (χ3v) is 3.65. The van der Waals surface area contributed by atoms with E-state index in [1.807, 2.05) is 20.8 Å². The Labute approximate surface area is 127 Å². The molecule has 1 aliphatic rings. The highest BCUT2D eigenvalue weighted by Gasteiger charge is 2.19. The van der Waals surface area contributed by atoms with Gasteiger partial charge in [0, 0.05) is 12.6 Å². The van der Waals surface area contributed by atoms with Crippen molar-refractivity contribution in [3.8, 4) is 0 Å². The number of nitrogens with two attached hydrogens (primary N) is 1. The first-order chi connectivity index (χ1) is 9.87. The molecule has 1 aromatic rings. The molecule has 0 saturated carbocycles. The Hall–Kier alpha value is -1.55. The molecule has 0 bridgehead atoms. The van der Waals surface area contributed by atoms with Crippen LogP contribution in [0.15, 0.2) is 18.2 Å². The van der Waals surface area contributed by atoms with Crippen molar-refractivity contribution < 1.29 is 9.53 Å². The van der Waals surface area contributed by atoms with Gasteiger partial charge in [0.2, 0.25) is 0 Å². The number of fused-ring (bicyclic) bond motifs is 1. The number of aryl methyl sites for hydroxylation is 2. The fourth-order valence-corrected chi connectivity index (χ4v) is 2.70. The molecule has 116 valence electrons. The summed E-state index contributed by atoms with van der Waals surface area (Å²) in [5.41, 5.74) is 9.42. The SMILES string of the molecule is CC(C)(C)OC(=O)NC(CN)Cc1ccc2c(c1)CCC2. The molecule has 1 amide bonds. The molecule has 1 aromatic carbocycles. The first-order valence-corrected chi connectivity index (χ1v) is 7.67. The summed E-state index contributed by atoms with van der Waals surface area (Å²) in [5, 5.41) is 2.85. The van der Waals surface area contributed by atoms with Crippen LogP contribution in [0.5, 0.6) is 0 Å². The maximum atomic E-state index is 11.8. The average molecular weight is 290 g/mol. The maximum absolute atomic E-state index is 11.8. The minimum Gasteiger partial charge on any atom is -0.444 e. The highest BCUT2D eigenvalue weighted by Crippen LogP contribution is 2.23. The first-order valence-electron chi connectivity index (χ1n) is 7.67. The van der Waals surface area contributed by atoms with Gasteiger partial charge in [-0.1, -0.05) is 18.2 Å². The lowest BCUT2D eigenvalue weighted by atomic mass is 10.0. The van der Waals surface area contributed by atoms with Crippen LogP contribution >= 0.6 is 0 Å². The summed E-state index contributed by atoms with van der Waals surface area (Å²) in [4.78, 5) is 11.8. The van der Waals surface area contributed by atoms with E-state index in [2.05, 4.69) is 23.5 Å². The number of amides is 1. The predicted molar refractivity (Wildman–Crippen MR) is 84.4 cm³/mol. The second kappa shape index (κ2) is 6.48. The molecule has 1 unspecified atom stereocenters. The number of rotatable bonds is 4. The van der Waals surface area contributed by atoms with Crippen molar-refractivity contribution in [1.29, 1.82) is 0 Å². The van der Waals surface area contributed by atoms with E-state index in [0.29, 0.717) is 6.54 Å². The van der Waals surface area contributed by atoms with Gasteiger partial charge in [-0.2, -0.15) is 0 Å². The largest absolute Gasteiger partial charge is 0.444 e. The van der Waals surface area contributed by atoms with E-state index in [1.54, 1.807) is 0 Å². The molecule has 21 heavy (non-hydrogen) atoms. The Bertz CT molecular complexity index is 506. The van der Waals surface area contributed by atoms with E-state index >= 15 is 0 Å². The van der Waals surface area contributed by atoms with Crippen molar-refractivity contribution in [2.24, 2.45) is 5.73 Å². The van der Waals surface area contributed by atoms with Gasteiger partial charge in [-0.05, 0) is 63.1 Å². The van der Waals surface area contributed by atoms with Crippen molar-refractivity contribution in [2.75, 3.05) is 6.54 Å². The molecule has 4 nitrogen and oxygen atoms in total. The van der Waals surface area contributed by atoms with Gasteiger partial charge in [0.05, 0.1) is 0 Å². The molecule has 0 aromatic heterocycles. The number of hydrogen-bond donors (Lipinski definition) is 2. The van der Waals surface area contributed by atoms with Crippen LogP contribution in [-0.4, -0.2) is 24.3 Å². The topological polar surface area (TPSA) is 64.3 Å². The molecule has 4 heteroatoms. The van der Waals surface area contributed by atoms with Crippen LogP contribution in [-0.2, 0) is 24.0 Å². The van der Waals surface area contributed by atoms with E-state index in [4.69, 9.17) is 10.5 Å². The molecule has 0 spiro atoms. The third kappa shape index (κ3) is 4.74. The van der Waals surface area contributed by atoms with Crippen LogP contribution in [0.2, 0.25) is 0 Å². The van der Waals surface area contributed by atoms with Crippen LogP contribution in [0.4, 0.5) is 4.79 Å². The molecule has 0 heterocycles. The molecule has 3 N–H and O–H groups in total. The van der Waals surface area contributed by atoms with Crippen molar-refractivity contribution in [1.82, 2.24) is 5.32 Å². The fourth-order valence-electron chi connectivity index (χ4n) is 2.70. The second-order valence-electron chi connectivity index (χ2n) is 6.74. The molecule has 2 rings (SSSR count). The third-order valence-electron chi connectivity index (χ3n) is 3.65. The van der Waals surface area contributed by atoms with Gasteiger partial charge in [-0.3, -0.25) is 0 Å². The van der Waals surface area contributed by atoms with E-state index < -0.39 is 11.7 Å². The Morgan fingerprint density at radius 3 is 2.71 bits per heavy atom. The van der Waals surface area contributed by atoms with Crippen molar-refractivity contribution >= 4 is 6.09 Å². The standard InChI is InChI=1S/C17H26N2O2/c1-17(2,3)21-16(20)19-15(11-18)10-12-7-8-13-5-4-6-14(13)9-12/h7-9,15H,4-6,10-11,18H2,1-3H3,(H,19,20). The van der Waals surface area contributed by atoms with E-state index in [9.17, 15) is 4.79 Å². The Balaban J connectivity index is 1.94. The highest BCUT2D eigenvalue weighted by atomic mass is 16.6. The first kappa shape index (κ1) is 15.8. The normalized spacial score (nSPS) is 15.4. The van der Waals surface area contributed by atoms with Crippen molar-refractivity contribution in [2.45, 2.75) is 58.1 Å². The van der Waals surface area contributed by atoms with Crippen LogP contribution < -0.4 is 11.1 Å². The number of ether oxygens (including phenoxy) is 1. The molecule has 1 aliphatic carbocycles. The molecular formula is C17H26N2O2. The minimum atomic E-state index is -0.489. The van der Waals surface area contributed by atoms with E-state index in [0.717, 1.165) is 12.8 Å². The van der Waals surface area contributed by atoms with Crippen molar-refractivity contribution in [3.05, 3.63) is 34.9 Å². The summed E-state index contributed by atoms with van der Waals surface area (Å²) < 4.78 is 5.28. The Kier molecular flexibility index (Phi) is 4.88. The van der Waals surface area contributed by atoms with E-state index in [1.165, 1.54) is 29.5 Å². The Morgan fingerprint density at radius 1 is 1.33 bits per heavy atom. The molecule has 0 aliphatic heterocycles. The van der Waals surface area contributed by atoms with Crippen LogP contribution in [0.1, 0.15) is 43.9 Å². The molecule has 0 radical (unpaired) electrons. The summed E-state index contributed by atoms with van der Waals surface area (Å²) in [6.07, 6.45) is 3.93. The number of nitrogens with one attached hydrogen (secondary N) is 1. The maximum Gasteiger partial charge on any atom is 0.407 e. The summed E-state index contributed by atoms with van der Waals surface area (Å²) in [7, 11) is 0. The zero-order valence-electron chi connectivity index (χ0n) is 13.2. The lowest BCUT2D eigenvalue weighted by Crippen LogP contribution is -2.44. The summed E-state index contributed by atoms with van der Waals surface area (Å²) in [6, 6.07) is 6.50. The molecule has 1 atom stereocenters. The molecule has 0 fully saturated rings. The van der Waals surface area contributed by atoms with Gasteiger partial charge in [-0.15, -0.1) is 0 Å². The highest BCUT2D eigenvalue weighted by molar-refractivity contribution is 5.68. The van der Waals surface area contributed by atoms with Gasteiger partial charge < -0.3 is 15.8 Å². The lowest BCUT2D eigenvalue weighted by molar-refractivity contribution is 0.0506. The average Bonchev–Trinajstić information content (AvgIpc) is 2.83. The van der Waals surface area contributed by atoms with E-state index in [-0.39, 0.29) is 6.04 Å². The number of carbonyl (C=O) groups excluding carboxylic acids is 1. The van der Waals surface area contributed by atoms with Crippen LogP contribution in [0.3, 0.4) is 0 Å². The number of carbonyl (C=O) groups is 1. The number of hydrogen-bond acceptors (Lipinski definition) is 3.